The van der Waals surface area contributed by atoms with Gasteiger partial charge in [-0.25, -0.2) is 0 Å². The topological polar surface area (TPSA) is 38.5 Å². The molecule has 1 heterocycles. The van der Waals surface area contributed by atoms with Crippen molar-refractivity contribution in [2.75, 3.05) is 20.2 Å². The predicted octanol–water partition coefficient (Wildman–Crippen LogP) is 2.39. The highest BCUT2D eigenvalue weighted by atomic mass is 79.9. The summed E-state index contributed by atoms with van der Waals surface area (Å²) in [7, 11) is 2.14. The van der Waals surface area contributed by atoms with Gasteiger partial charge in [0.15, 0.2) is 0 Å². The first kappa shape index (κ1) is 14.0. The van der Waals surface area contributed by atoms with Crippen LogP contribution in [0.5, 0.6) is 0 Å². The van der Waals surface area contributed by atoms with Crippen LogP contribution in [0.4, 0.5) is 0 Å². The van der Waals surface area contributed by atoms with E-state index >= 15 is 0 Å². The maximum atomic E-state index is 6.02. The van der Waals surface area contributed by atoms with Gasteiger partial charge in [0.1, 0.15) is 0 Å². The van der Waals surface area contributed by atoms with Crippen molar-refractivity contribution in [2.45, 2.75) is 31.5 Å². The summed E-state index contributed by atoms with van der Waals surface area (Å²) >= 11 is 3.60. The minimum atomic E-state index is -0.0325. The Morgan fingerprint density at radius 2 is 2.22 bits per heavy atom. The van der Waals surface area contributed by atoms with Crippen LogP contribution in [0.25, 0.3) is 0 Å². The summed E-state index contributed by atoms with van der Waals surface area (Å²) in [5, 5.41) is 0. The summed E-state index contributed by atoms with van der Waals surface area (Å²) in [6, 6.07) is 8.32. The zero-order valence-corrected chi connectivity index (χ0v) is 12.6. The molecule has 1 saturated heterocycles. The maximum Gasteiger partial charge on any atom is 0.0743 e. The smallest absolute Gasteiger partial charge is 0.0743 e. The van der Waals surface area contributed by atoms with Gasteiger partial charge in [0.25, 0.3) is 0 Å². The van der Waals surface area contributed by atoms with Gasteiger partial charge in [0, 0.05) is 24.2 Å². The van der Waals surface area contributed by atoms with Crippen molar-refractivity contribution in [3.05, 3.63) is 34.3 Å². The highest BCUT2D eigenvalue weighted by Crippen LogP contribution is 2.32. The van der Waals surface area contributed by atoms with Gasteiger partial charge in [-0.1, -0.05) is 34.1 Å². The van der Waals surface area contributed by atoms with E-state index in [1.54, 1.807) is 0 Å². The van der Waals surface area contributed by atoms with Gasteiger partial charge in [-0.3, -0.25) is 4.90 Å². The number of halogens is 1. The molecule has 0 radical (unpaired) electrons. The molecule has 2 unspecified atom stereocenters. The van der Waals surface area contributed by atoms with Crippen molar-refractivity contribution >= 4 is 15.9 Å². The molecule has 0 aromatic heterocycles. The average molecular weight is 313 g/mol. The SMILES string of the molecule is CC1OCCC1(CN)N(C)Cc1ccccc1Br. The molecule has 1 aliphatic rings. The molecule has 2 atom stereocenters. The molecule has 0 bridgehead atoms. The van der Waals surface area contributed by atoms with E-state index in [2.05, 4.69) is 53.0 Å². The lowest BCUT2D eigenvalue weighted by Crippen LogP contribution is -2.56. The van der Waals surface area contributed by atoms with Crippen molar-refractivity contribution in [3.63, 3.8) is 0 Å². The van der Waals surface area contributed by atoms with E-state index < -0.39 is 0 Å². The van der Waals surface area contributed by atoms with Crippen LogP contribution in [0.3, 0.4) is 0 Å². The van der Waals surface area contributed by atoms with Crippen LogP contribution in [0, 0.1) is 0 Å². The van der Waals surface area contributed by atoms with Crippen molar-refractivity contribution in [1.29, 1.82) is 0 Å². The maximum absolute atomic E-state index is 6.02. The van der Waals surface area contributed by atoms with Crippen molar-refractivity contribution in [3.8, 4) is 0 Å². The second-order valence-electron chi connectivity index (χ2n) is 5.02. The molecule has 0 aliphatic carbocycles. The summed E-state index contributed by atoms with van der Waals surface area (Å²) in [5.74, 6) is 0. The highest BCUT2D eigenvalue weighted by Gasteiger charge is 2.43. The second-order valence-corrected chi connectivity index (χ2v) is 5.87. The largest absolute Gasteiger partial charge is 0.376 e. The van der Waals surface area contributed by atoms with Crippen molar-refractivity contribution < 1.29 is 4.74 Å². The lowest BCUT2D eigenvalue weighted by molar-refractivity contribution is 0.0244. The van der Waals surface area contributed by atoms with Crippen molar-refractivity contribution in [1.82, 2.24) is 4.90 Å². The molecule has 0 amide bonds. The van der Waals surface area contributed by atoms with Crippen LogP contribution in [-0.2, 0) is 11.3 Å². The lowest BCUT2D eigenvalue weighted by atomic mass is 9.90. The molecule has 1 fully saturated rings. The Hall–Kier alpha value is -0.420. The second kappa shape index (κ2) is 5.70. The molecule has 4 heteroatoms. The minimum absolute atomic E-state index is 0.0325. The number of benzene rings is 1. The Kier molecular flexibility index (Phi) is 4.43. The highest BCUT2D eigenvalue weighted by molar-refractivity contribution is 9.10. The van der Waals surface area contributed by atoms with Crippen LogP contribution in [-0.4, -0.2) is 36.7 Å². The molecule has 1 aromatic carbocycles. The number of rotatable bonds is 4. The third-order valence-corrected chi connectivity index (χ3v) is 4.91. The fourth-order valence-electron chi connectivity index (χ4n) is 2.74. The van der Waals surface area contributed by atoms with Crippen LogP contribution in [0.2, 0.25) is 0 Å². The fourth-order valence-corrected chi connectivity index (χ4v) is 3.15. The number of likely N-dealkylation sites (N-methyl/N-ethyl adjacent to an activating group) is 1. The van der Waals surface area contributed by atoms with Crippen LogP contribution in [0.1, 0.15) is 18.9 Å². The third-order valence-electron chi connectivity index (χ3n) is 4.14. The molecule has 2 rings (SSSR count). The molecule has 18 heavy (non-hydrogen) atoms. The monoisotopic (exact) mass is 312 g/mol. The van der Waals surface area contributed by atoms with Gasteiger partial charge in [-0.15, -0.1) is 0 Å². The molecule has 3 nitrogen and oxygen atoms in total. The molecule has 1 aromatic rings. The van der Waals surface area contributed by atoms with Crippen LogP contribution in [0.15, 0.2) is 28.7 Å². The number of hydrogen-bond donors (Lipinski definition) is 1. The number of hydrogen-bond acceptors (Lipinski definition) is 3. The third kappa shape index (κ3) is 2.48. The van der Waals surface area contributed by atoms with E-state index in [1.165, 1.54) is 5.56 Å². The van der Waals surface area contributed by atoms with E-state index in [0.29, 0.717) is 6.54 Å². The summed E-state index contributed by atoms with van der Waals surface area (Å²) < 4.78 is 6.86. The molecule has 0 spiro atoms. The normalized spacial score (nSPS) is 27.9. The molecule has 1 aliphatic heterocycles. The predicted molar refractivity (Wildman–Crippen MR) is 77.4 cm³/mol. The van der Waals surface area contributed by atoms with Gasteiger partial charge < -0.3 is 10.5 Å². The van der Waals surface area contributed by atoms with Gasteiger partial charge in [0.05, 0.1) is 11.6 Å². The number of nitrogens with two attached hydrogens (primary N) is 1. The van der Waals surface area contributed by atoms with E-state index in [-0.39, 0.29) is 11.6 Å². The van der Waals surface area contributed by atoms with Gasteiger partial charge in [-0.2, -0.15) is 0 Å². The Morgan fingerprint density at radius 1 is 1.50 bits per heavy atom. The summed E-state index contributed by atoms with van der Waals surface area (Å²) in [5.41, 5.74) is 7.27. The van der Waals surface area contributed by atoms with Crippen molar-refractivity contribution in [2.24, 2.45) is 5.73 Å². The summed E-state index contributed by atoms with van der Waals surface area (Å²) in [4.78, 5) is 2.34. The van der Waals surface area contributed by atoms with Gasteiger partial charge in [-0.05, 0) is 32.0 Å². The van der Waals surface area contributed by atoms with Gasteiger partial charge in [0.2, 0.25) is 0 Å². The zero-order valence-electron chi connectivity index (χ0n) is 11.0. The first-order valence-corrected chi connectivity index (χ1v) is 7.16. The number of nitrogens with zero attached hydrogens (tertiary/aromatic N) is 1. The van der Waals surface area contributed by atoms with E-state index in [1.807, 2.05) is 6.07 Å². The molecular formula is C14H21BrN2O. The van der Waals surface area contributed by atoms with E-state index in [0.717, 1.165) is 24.0 Å². The lowest BCUT2D eigenvalue weighted by Gasteiger charge is -2.40. The first-order chi connectivity index (χ1) is 8.60. The van der Waals surface area contributed by atoms with E-state index in [9.17, 15) is 0 Å². The Balaban J connectivity index is 2.16. The Morgan fingerprint density at radius 3 is 2.78 bits per heavy atom. The standard InChI is InChI=1S/C14H21BrN2O/c1-11-14(10-16,7-8-18-11)17(2)9-12-5-3-4-6-13(12)15/h3-6,11H,7-10,16H2,1-2H3. The first-order valence-electron chi connectivity index (χ1n) is 6.36. The van der Waals surface area contributed by atoms with Crippen LogP contribution >= 0.6 is 15.9 Å². The zero-order chi connectivity index (χ0) is 13.2. The van der Waals surface area contributed by atoms with Gasteiger partial charge >= 0.3 is 0 Å². The van der Waals surface area contributed by atoms with Crippen LogP contribution < -0.4 is 5.73 Å². The molecule has 100 valence electrons. The Bertz CT molecular complexity index is 413. The van der Waals surface area contributed by atoms with E-state index in [4.69, 9.17) is 10.5 Å². The average Bonchev–Trinajstić information content (AvgIpc) is 2.74. The Labute approximate surface area is 117 Å². The summed E-state index contributed by atoms with van der Waals surface area (Å²) in [6.07, 6.45) is 1.20. The molecular weight excluding hydrogens is 292 g/mol. The minimum Gasteiger partial charge on any atom is -0.376 e. The molecule has 2 N–H and O–H groups in total. The fraction of sp³-hybridized carbons (Fsp3) is 0.571. The quantitative estimate of drug-likeness (QED) is 0.927. The summed E-state index contributed by atoms with van der Waals surface area (Å²) in [6.45, 7) is 4.44. The molecule has 0 saturated carbocycles. The number of ether oxygens (including phenoxy) is 1.